The first-order valence-corrected chi connectivity index (χ1v) is 36.2. The predicted octanol–water partition coefficient (Wildman–Crippen LogP) is 17.9. The first kappa shape index (κ1) is 82.4. The third-order valence-electron chi connectivity index (χ3n) is 15.6. The molecular formula is C68H114CaO14S2. The first-order valence-electron chi connectivity index (χ1n) is 33.3. The van der Waals surface area contributed by atoms with Crippen molar-refractivity contribution in [2.75, 3.05) is 26.4 Å². The smallest absolute Gasteiger partial charge is 0.748 e. The number of ether oxygens (including phenoxy) is 4. The minimum Gasteiger partial charge on any atom is -0.748 e. The summed E-state index contributed by atoms with van der Waals surface area (Å²) in [5.74, 6) is -2.99. The van der Waals surface area contributed by atoms with Gasteiger partial charge in [0.1, 0.15) is 33.5 Å². The molecule has 2 rings (SSSR count). The van der Waals surface area contributed by atoms with E-state index in [1.165, 1.54) is 255 Å². The van der Waals surface area contributed by atoms with Crippen LogP contribution in [0.15, 0.2) is 48.5 Å². The summed E-state index contributed by atoms with van der Waals surface area (Å²) in [6, 6.07) is 12.1. The van der Waals surface area contributed by atoms with Crippen molar-refractivity contribution >= 4 is 81.9 Å². The number of carbonyl (C=O) groups excluding carboxylic acids is 4. The largest absolute Gasteiger partial charge is 2.00 e. The van der Waals surface area contributed by atoms with Crippen LogP contribution in [0.2, 0.25) is 0 Å². The maximum atomic E-state index is 12.5. The van der Waals surface area contributed by atoms with Gasteiger partial charge in [-0.1, -0.05) is 295 Å². The van der Waals surface area contributed by atoms with E-state index in [1.807, 2.05) is 0 Å². The van der Waals surface area contributed by atoms with Gasteiger partial charge in [-0.3, -0.25) is 0 Å². The summed E-state index contributed by atoms with van der Waals surface area (Å²) in [4.78, 5) is 49.7. The Morgan fingerprint density at radius 3 is 0.659 bits per heavy atom. The van der Waals surface area contributed by atoms with E-state index in [4.69, 9.17) is 18.9 Å². The summed E-state index contributed by atoms with van der Waals surface area (Å²) in [6.07, 6.45) is 55.0. The van der Waals surface area contributed by atoms with Gasteiger partial charge >= 0.3 is 61.6 Å². The van der Waals surface area contributed by atoms with E-state index in [9.17, 15) is 45.1 Å². The SMILES string of the molecule is CCCCCCCCCCCCCCCCCCCCCCCOC(=O)c1ccccc1C(=O)OCC(C)S(=O)(=O)[O-].CCCCCCCCCCCCCCCCCCCCCCCOC(=O)c1ccccc1C(=O)OCC(C)S(=O)(=O)[O-].[Ca+2]. The van der Waals surface area contributed by atoms with Gasteiger partial charge < -0.3 is 28.1 Å². The zero-order valence-corrected chi connectivity index (χ0v) is 57.4. The van der Waals surface area contributed by atoms with Crippen LogP contribution in [0.4, 0.5) is 0 Å². The number of benzene rings is 2. The van der Waals surface area contributed by atoms with Crippen LogP contribution in [0, 0.1) is 0 Å². The quantitative estimate of drug-likeness (QED) is 0.0198. The molecule has 14 nitrogen and oxygen atoms in total. The molecule has 0 aliphatic heterocycles. The number of esters is 4. The third kappa shape index (κ3) is 46.2. The van der Waals surface area contributed by atoms with Crippen molar-refractivity contribution in [1.29, 1.82) is 0 Å². The van der Waals surface area contributed by atoms with Crippen LogP contribution in [-0.2, 0) is 39.2 Å². The van der Waals surface area contributed by atoms with Crippen molar-refractivity contribution in [3.05, 3.63) is 70.8 Å². The average Bonchev–Trinajstić information content (AvgIpc) is 3.67. The summed E-state index contributed by atoms with van der Waals surface area (Å²) in [7, 11) is -9.13. The minimum atomic E-state index is -4.56. The molecule has 0 aliphatic rings. The molecule has 17 heteroatoms. The summed E-state index contributed by atoms with van der Waals surface area (Å²) in [5.41, 5.74) is 0.0841. The van der Waals surface area contributed by atoms with Gasteiger partial charge in [-0.15, -0.1) is 0 Å². The van der Waals surface area contributed by atoms with Crippen LogP contribution in [0.5, 0.6) is 0 Å². The second kappa shape index (κ2) is 55.5. The zero-order chi connectivity index (χ0) is 61.8. The predicted molar refractivity (Wildman–Crippen MR) is 343 cm³/mol. The molecule has 2 aromatic carbocycles. The molecule has 0 saturated heterocycles. The van der Waals surface area contributed by atoms with Crippen molar-refractivity contribution < 1.29 is 64.1 Å². The van der Waals surface area contributed by atoms with Gasteiger partial charge in [0.15, 0.2) is 0 Å². The molecule has 2 unspecified atom stereocenters. The van der Waals surface area contributed by atoms with Gasteiger partial charge in [0.2, 0.25) is 0 Å². The van der Waals surface area contributed by atoms with Gasteiger partial charge in [-0.2, -0.15) is 0 Å². The molecule has 0 N–H and O–H groups in total. The first-order chi connectivity index (χ1) is 40.5. The number of carbonyl (C=O) groups is 4. The van der Waals surface area contributed by atoms with E-state index >= 15 is 0 Å². The van der Waals surface area contributed by atoms with Crippen molar-refractivity contribution in [2.45, 2.75) is 308 Å². The van der Waals surface area contributed by atoms with Crippen LogP contribution in [0.1, 0.15) is 339 Å². The van der Waals surface area contributed by atoms with Crippen molar-refractivity contribution in [3.8, 4) is 0 Å². The zero-order valence-electron chi connectivity index (χ0n) is 53.5. The summed E-state index contributed by atoms with van der Waals surface area (Å²) in [5, 5.41) is -2.74. The molecular weight excluding hydrogens is 1140 g/mol. The molecule has 0 aliphatic carbocycles. The Morgan fingerprint density at radius 1 is 0.318 bits per heavy atom. The van der Waals surface area contributed by atoms with Gasteiger partial charge in [-0.25, -0.2) is 36.0 Å². The molecule has 2 atom stereocenters. The molecule has 0 spiro atoms. The second-order valence-electron chi connectivity index (χ2n) is 23.3. The molecule has 0 bridgehead atoms. The van der Waals surface area contributed by atoms with E-state index in [1.54, 1.807) is 24.3 Å². The summed E-state index contributed by atoms with van der Waals surface area (Å²) < 4.78 is 86.6. The van der Waals surface area contributed by atoms with Crippen LogP contribution in [0.25, 0.3) is 0 Å². The van der Waals surface area contributed by atoms with Crippen LogP contribution in [-0.4, -0.2) is 124 Å². The third-order valence-corrected chi connectivity index (χ3v) is 17.8. The van der Waals surface area contributed by atoms with E-state index < -0.39 is 67.8 Å². The van der Waals surface area contributed by atoms with Gasteiger partial charge in [-0.05, 0) is 51.0 Å². The van der Waals surface area contributed by atoms with E-state index in [0.717, 1.165) is 52.4 Å². The molecule has 0 amide bonds. The average molecular weight is 1260 g/mol. The number of hydrogen-bond donors (Lipinski definition) is 0. The standard InChI is InChI=1S/2C34H58O7S.Ca/c2*1-3-4-5-6-7-8-9-10-11-12-13-14-15-16-17-18-19-20-21-22-25-28-40-33(35)31-26-23-24-27-32(31)34(36)41-29-30(2)42(37,38)39;/h2*23-24,26-27,30H,3-22,25,28-29H2,1-2H3,(H,37,38,39);/q;;+2/p-2. The molecule has 484 valence electrons. The van der Waals surface area contributed by atoms with Crippen LogP contribution < -0.4 is 0 Å². The Balaban J connectivity index is 0.00000164. The fourth-order valence-corrected chi connectivity index (χ4v) is 10.4. The summed E-state index contributed by atoms with van der Waals surface area (Å²) in [6.45, 7) is 6.26. The van der Waals surface area contributed by atoms with Gasteiger partial charge in [0.05, 0.1) is 46.0 Å². The monoisotopic (exact) mass is 1260 g/mol. The topological polar surface area (TPSA) is 220 Å². The fourth-order valence-electron chi connectivity index (χ4n) is 9.94. The molecule has 85 heavy (non-hydrogen) atoms. The molecule has 0 fully saturated rings. The molecule has 0 heterocycles. The van der Waals surface area contributed by atoms with E-state index in [0.29, 0.717) is 0 Å². The Morgan fingerprint density at radius 2 is 0.482 bits per heavy atom. The maximum absolute atomic E-state index is 12.5. The Bertz CT molecular complexity index is 2050. The Labute approximate surface area is 546 Å². The van der Waals surface area contributed by atoms with E-state index in [2.05, 4.69) is 13.8 Å². The minimum absolute atomic E-state index is 0. The van der Waals surface area contributed by atoms with Crippen molar-refractivity contribution in [2.24, 2.45) is 0 Å². The number of rotatable bonds is 54. The normalized spacial score (nSPS) is 12.1. The Kier molecular flexibility index (Phi) is 53.8. The maximum Gasteiger partial charge on any atom is 2.00 e. The van der Waals surface area contributed by atoms with Crippen molar-refractivity contribution in [1.82, 2.24) is 0 Å². The second-order valence-corrected chi connectivity index (χ2v) is 26.9. The van der Waals surface area contributed by atoms with E-state index in [-0.39, 0.29) is 73.2 Å². The molecule has 0 saturated carbocycles. The molecule has 0 radical (unpaired) electrons. The molecule has 0 aromatic heterocycles. The van der Waals surface area contributed by atoms with Gasteiger partial charge in [0.25, 0.3) is 0 Å². The van der Waals surface area contributed by atoms with Gasteiger partial charge in [0, 0.05) is 0 Å². The summed E-state index contributed by atoms with van der Waals surface area (Å²) >= 11 is 0. The van der Waals surface area contributed by atoms with Crippen LogP contribution >= 0.6 is 0 Å². The Hall–Kier alpha value is -2.60. The number of hydrogen-bond acceptors (Lipinski definition) is 14. The van der Waals surface area contributed by atoms with Crippen molar-refractivity contribution in [3.63, 3.8) is 0 Å². The number of unbranched alkanes of at least 4 members (excludes halogenated alkanes) is 40. The van der Waals surface area contributed by atoms with Crippen LogP contribution in [0.3, 0.4) is 0 Å². The molecule has 2 aromatic rings. The fraction of sp³-hybridized carbons (Fsp3) is 0.765.